The molecule has 17 heavy (non-hydrogen) atoms. The Labute approximate surface area is 107 Å². The number of nitro groups is 1. The van der Waals surface area contributed by atoms with Crippen molar-refractivity contribution in [3.63, 3.8) is 0 Å². The summed E-state index contributed by atoms with van der Waals surface area (Å²) in [6, 6.07) is 1.79. The van der Waals surface area contributed by atoms with Gasteiger partial charge in [-0.2, -0.15) is 0 Å². The number of nitrogens with one attached hydrogen (secondary N) is 2. The summed E-state index contributed by atoms with van der Waals surface area (Å²) in [4.78, 5) is 14.2. The van der Waals surface area contributed by atoms with Crippen molar-refractivity contribution >= 4 is 27.4 Å². The normalized spacial score (nSPS) is 19.9. The highest BCUT2D eigenvalue weighted by Crippen LogP contribution is 2.25. The SMILES string of the molecule is O=[N+]([O-])c1cnc(NC2CCCNC2)c(Br)c1. The van der Waals surface area contributed by atoms with Gasteiger partial charge in [-0.15, -0.1) is 0 Å². The third kappa shape index (κ3) is 3.13. The minimum atomic E-state index is -0.455. The van der Waals surface area contributed by atoms with E-state index in [4.69, 9.17) is 0 Å². The monoisotopic (exact) mass is 300 g/mol. The van der Waals surface area contributed by atoms with Crippen LogP contribution in [0.1, 0.15) is 12.8 Å². The Kier molecular flexibility index (Phi) is 3.90. The van der Waals surface area contributed by atoms with Crippen LogP contribution in [-0.4, -0.2) is 29.0 Å². The maximum atomic E-state index is 10.6. The van der Waals surface area contributed by atoms with E-state index in [2.05, 4.69) is 31.5 Å². The topological polar surface area (TPSA) is 80.1 Å². The van der Waals surface area contributed by atoms with Gasteiger partial charge in [-0.3, -0.25) is 10.1 Å². The Morgan fingerprint density at radius 3 is 3.06 bits per heavy atom. The third-order valence-corrected chi connectivity index (χ3v) is 3.28. The second-order valence-corrected chi connectivity index (χ2v) is 4.82. The first-order chi connectivity index (χ1) is 8.16. The minimum Gasteiger partial charge on any atom is -0.365 e. The van der Waals surface area contributed by atoms with E-state index in [0.717, 1.165) is 25.9 Å². The van der Waals surface area contributed by atoms with E-state index < -0.39 is 4.92 Å². The summed E-state index contributed by atoms with van der Waals surface area (Å²) in [5.74, 6) is 0.657. The van der Waals surface area contributed by atoms with Gasteiger partial charge in [0.05, 0.1) is 9.40 Å². The highest BCUT2D eigenvalue weighted by Gasteiger charge is 2.16. The Bertz CT molecular complexity index is 421. The fraction of sp³-hybridized carbons (Fsp3) is 0.500. The minimum absolute atomic E-state index is 0.0100. The molecule has 92 valence electrons. The van der Waals surface area contributed by atoms with Gasteiger partial charge >= 0.3 is 0 Å². The molecule has 1 aromatic rings. The fourth-order valence-corrected chi connectivity index (χ4v) is 2.25. The summed E-state index contributed by atoms with van der Waals surface area (Å²) < 4.78 is 0.622. The largest absolute Gasteiger partial charge is 0.365 e. The van der Waals surface area contributed by atoms with Crippen molar-refractivity contribution < 1.29 is 4.92 Å². The first-order valence-corrected chi connectivity index (χ1v) is 6.23. The first kappa shape index (κ1) is 12.3. The summed E-state index contributed by atoms with van der Waals surface area (Å²) >= 11 is 3.29. The van der Waals surface area contributed by atoms with E-state index in [0.29, 0.717) is 16.3 Å². The number of hydrogen-bond donors (Lipinski definition) is 2. The highest BCUT2D eigenvalue weighted by atomic mass is 79.9. The average molecular weight is 301 g/mol. The molecular formula is C10H13BrN4O2. The van der Waals surface area contributed by atoms with E-state index >= 15 is 0 Å². The lowest BCUT2D eigenvalue weighted by molar-refractivity contribution is -0.385. The van der Waals surface area contributed by atoms with Crippen molar-refractivity contribution in [3.05, 3.63) is 26.9 Å². The number of rotatable bonds is 3. The number of pyridine rings is 1. The van der Waals surface area contributed by atoms with Crippen LogP contribution in [0.4, 0.5) is 11.5 Å². The number of hydrogen-bond acceptors (Lipinski definition) is 5. The van der Waals surface area contributed by atoms with Crippen LogP contribution in [0.15, 0.2) is 16.7 Å². The van der Waals surface area contributed by atoms with Gasteiger partial charge < -0.3 is 10.6 Å². The van der Waals surface area contributed by atoms with Crippen LogP contribution in [0.3, 0.4) is 0 Å². The van der Waals surface area contributed by atoms with Crippen molar-refractivity contribution in [1.29, 1.82) is 0 Å². The van der Waals surface area contributed by atoms with Crippen LogP contribution >= 0.6 is 15.9 Å². The standard InChI is InChI=1S/C10H13BrN4O2/c11-9-4-8(15(16)17)6-13-10(9)14-7-2-1-3-12-5-7/h4,6-7,12H,1-3,5H2,(H,13,14). The Morgan fingerprint density at radius 1 is 1.65 bits per heavy atom. The van der Waals surface area contributed by atoms with Gasteiger partial charge in [-0.1, -0.05) is 0 Å². The Hall–Kier alpha value is -1.21. The summed E-state index contributed by atoms with van der Waals surface area (Å²) in [6.45, 7) is 1.94. The zero-order valence-electron chi connectivity index (χ0n) is 9.15. The fourth-order valence-electron chi connectivity index (χ4n) is 1.80. The first-order valence-electron chi connectivity index (χ1n) is 5.44. The number of nitrogens with zero attached hydrogens (tertiary/aromatic N) is 2. The molecule has 1 aliphatic heterocycles. The molecule has 1 fully saturated rings. The molecule has 7 heteroatoms. The number of halogens is 1. The predicted octanol–water partition coefficient (Wildman–Crippen LogP) is 1.92. The molecule has 2 rings (SSSR count). The maximum Gasteiger partial charge on any atom is 0.288 e. The molecule has 0 amide bonds. The molecule has 1 saturated heterocycles. The molecule has 1 aromatic heterocycles. The molecule has 1 atom stereocenters. The van der Waals surface area contributed by atoms with Crippen molar-refractivity contribution in [2.24, 2.45) is 0 Å². The Balaban J connectivity index is 2.08. The van der Waals surface area contributed by atoms with Gasteiger partial charge in [0, 0.05) is 18.7 Å². The van der Waals surface area contributed by atoms with Crippen LogP contribution in [-0.2, 0) is 0 Å². The molecule has 6 nitrogen and oxygen atoms in total. The van der Waals surface area contributed by atoms with Crippen LogP contribution in [0.25, 0.3) is 0 Å². The van der Waals surface area contributed by atoms with Crippen molar-refractivity contribution in [1.82, 2.24) is 10.3 Å². The van der Waals surface area contributed by atoms with Crippen molar-refractivity contribution in [3.8, 4) is 0 Å². The molecular weight excluding hydrogens is 288 g/mol. The van der Waals surface area contributed by atoms with E-state index in [-0.39, 0.29) is 5.69 Å². The second-order valence-electron chi connectivity index (χ2n) is 3.97. The number of piperidine rings is 1. The van der Waals surface area contributed by atoms with Gasteiger partial charge in [0.1, 0.15) is 12.0 Å². The third-order valence-electron chi connectivity index (χ3n) is 2.68. The van der Waals surface area contributed by atoms with Crippen LogP contribution in [0.5, 0.6) is 0 Å². The van der Waals surface area contributed by atoms with E-state index in [1.807, 2.05) is 0 Å². The Morgan fingerprint density at radius 2 is 2.47 bits per heavy atom. The molecule has 0 spiro atoms. The highest BCUT2D eigenvalue weighted by molar-refractivity contribution is 9.10. The lowest BCUT2D eigenvalue weighted by Crippen LogP contribution is -2.38. The van der Waals surface area contributed by atoms with Crippen LogP contribution in [0, 0.1) is 10.1 Å². The smallest absolute Gasteiger partial charge is 0.288 e. The molecule has 0 saturated carbocycles. The second kappa shape index (κ2) is 5.42. The van der Waals surface area contributed by atoms with Crippen molar-refractivity contribution in [2.75, 3.05) is 18.4 Å². The van der Waals surface area contributed by atoms with Crippen LogP contribution < -0.4 is 10.6 Å². The summed E-state index contributed by atoms with van der Waals surface area (Å²) in [5.41, 5.74) is -0.0100. The van der Waals surface area contributed by atoms with Gasteiger partial charge in [-0.25, -0.2) is 4.98 Å². The molecule has 0 bridgehead atoms. The molecule has 2 N–H and O–H groups in total. The van der Waals surface area contributed by atoms with E-state index in [1.54, 1.807) is 0 Å². The molecule has 1 unspecified atom stereocenters. The zero-order valence-corrected chi connectivity index (χ0v) is 10.7. The average Bonchev–Trinajstić information content (AvgIpc) is 2.33. The number of aromatic nitrogens is 1. The molecule has 0 radical (unpaired) electrons. The molecule has 0 aromatic carbocycles. The summed E-state index contributed by atoms with van der Waals surface area (Å²) in [7, 11) is 0. The lowest BCUT2D eigenvalue weighted by atomic mass is 10.1. The van der Waals surface area contributed by atoms with Gasteiger partial charge in [0.25, 0.3) is 5.69 Å². The van der Waals surface area contributed by atoms with Crippen molar-refractivity contribution in [2.45, 2.75) is 18.9 Å². The molecule has 2 heterocycles. The van der Waals surface area contributed by atoms with Crippen LogP contribution in [0.2, 0.25) is 0 Å². The van der Waals surface area contributed by atoms with Gasteiger partial charge in [0.15, 0.2) is 0 Å². The zero-order chi connectivity index (χ0) is 12.3. The molecule has 1 aliphatic rings. The quantitative estimate of drug-likeness (QED) is 0.658. The predicted molar refractivity (Wildman–Crippen MR) is 68.1 cm³/mol. The summed E-state index contributed by atoms with van der Waals surface area (Å²) in [6.07, 6.45) is 3.48. The van der Waals surface area contributed by atoms with Gasteiger partial charge in [-0.05, 0) is 35.3 Å². The summed E-state index contributed by atoms with van der Waals surface area (Å²) in [5, 5.41) is 17.1. The lowest BCUT2D eigenvalue weighted by Gasteiger charge is -2.24. The maximum absolute atomic E-state index is 10.6. The number of anilines is 1. The van der Waals surface area contributed by atoms with Gasteiger partial charge in [0.2, 0.25) is 0 Å². The molecule has 0 aliphatic carbocycles. The van der Waals surface area contributed by atoms with E-state index in [9.17, 15) is 10.1 Å². The van der Waals surface area contributed by atoms with E-state index in [1.165, 1.54) is 12.3 Å².